The summed E-state index contributed by atoms with van der Waals surface area (Å²) in [5, 5.41) is 4.71. The van der Waals surface area contributed by atoms with Crippen LogP contribution in [-0.4, -0.2) is 12.0 Å². The van der Waals surface area contributed by atoms with E-state index in [0.717, 1.165) is 0 Å². The van der Waals surface area contributed by atoms with Crippen LogP contribution in [0.1, 0.15) is 46.4 Å². The van der Waals surface area contributed by atoms with Crippen molar-refractivity contribution >= 4 is 11.3 Å². The Morgan fingerprint density at radius 3 is 2.68 bits per heavy atom. The molecule has 1 aromatic carbocycles. The number of fused-ring (bicyclic) bond motifs is 1. The van der Waals surface area contributed by atoms with Crippen molar-refractivity contribution in [3.05, 3.63) is 51.5 Å². The molecule has 1 aliphatic carbocycles. The van der Waals surface area contributed by atoms with E-state index < -0.39 is 0 Å². The zero-order chi connectivity index (χ0) is 13.2. The first-order valence-electron chi connectivity index (χ1n) is 7.00. The molecule has 1 aliphatic rings. The Balaban J connectivity index is 1.87. The number of benzene rings is 1. The quantitative estimate of drug-likeness (QED) is 0.918. The van der Waals surface area contributed by atoms with Gasteiger partial charge in [-0.15, -0.1) is 11.3 Å². The van der Waals surface area contributed by atoms with E-state index in [1.54, 1.807) is 0 Å². The molecule has 1 N–H and O–H groups in total. The number of hydrogen-bond donors (Lipinski definition) is 1. The van der Waals surface area contributed by atoms with Gasteiger partial charge in [-0.3, -0.25) is 0 Å². The van der Waals surface area contributed by atoms with Crippen LogP contribution in [0, 0.1) is 0 Å². The van der Waals surface area contributed by atoms with Crippen LogP contribution in [0.3, 0.4) is 0 Å². The van der Waals surface area contributed by atoms with E-state index >= 15 is 0 Å². The Hall–Kier alpha value is -1.19. The number of aryl methyl sites for hydroxylation is 2. The molecule has 100 valence electrons. The Morgan fingerprint density at radius 1 is 1.21 bits per heavy atom. The Labute approximate surface area is 118 Å². The van der Waals surface area contributed by atoms with Gasteiger partial charge in [0.05, 0.1) is 11.7 Å². The van der Waals surface area contributed by atoms with Gasteiger partial charge in [-0.25, -0.2) is 4.98 Å². The van der Waals surface area contributed by atoms with Gasteiger partial charge >= 0.3 is 0 Å². The molecule has 0 fully saturated rings. The van der Waals surface area contributed by atoms with Crippen LogP contribution in [0.15, 0.2) is 30.3 Å². The Bertz CT molecular complexity index is 526. The molecule has 2 aromatic rings. The first-order valence-corrected chi connectivity index (χ1v) is 7.82. The van der Waals surface area contributed by atoms with Gasteiger partial charge in [0.15, 0.2) is 0 Å². The molecule has 2 nitrogen and oxygen atoms in total. The molecule has 0 aliphatic heterocycles. The number of aromatic nitrogens is 1. The molecule has 3 rings (SSSR count). The zero-order valence-corrected chi connectivity index (χ0v) is 12.3. The molecule has 1 aromatic heterocycles. The normalized spacial score (nSPS) is 17.2. The Morgan fingerprint density at radius 2 is 2.00 bits per heavy atom. The molecule has 0 amide bonds. The zero-order valence-electron chi connectivity index (χ0n) is 11.5. The molecule has 0 radical (unpaired) electrons. The SMILES string of the molecule is CNC(c1nc2c(s1)CCC2)C(C)c1ccccc1. The summed E-state index contributed by atoms with van der Waals surface area (Å²) in [5.41, 5.74) is 2.72. The number of rotatable bonds is 4. The molecule has 2 atom stereocenters. The predicted molar refractivity (Wildman–Crippen MR) is 80.8 cm³/mol. The first kappa shape index (κ1) is 12.8. The number of thiazole rings is 1. The van der Waals surface area contributed by atoms with Crippen molar-refractivity contribution in [3.8, 4) is 0 Å². The third kappa shape index (κ3) is 2.45. The molecule has 0 saturated heterocycles. The second-order valence-corrected chi connectivity index (χ2v) is 6.36. The lowest BCUT2D eigenvalue weighted by atomic mass is 9.94. The van der Waals surface area contributed by atoms with Gasteiger partial charge in [-0.05, 0) is 31.9 Å². The van der Waals surface area contributed by atoms with E-state index in [9.17, 15) is 0 Å². The van der Waals surface area contributed by atoms with Crippen molar-refractivity contribution in [2.45, 2.75) is 38.1 Å². The fraction of sp³-hybridized carbons (Fsp3) is 0.438. The Kier molecular flexibility index (Phi) is 3.67. The van der Waals surface area contributed by atoms with Crippen molar-refractivity contribution in [1.82, 2.24) is 10.3 Å². The smallest absolute Gasteiger partial charge is 0.111 e. The monoisotopic (exact) mass is 272 g/mol. The minimum absolute atomic E-state index is 0.318. The number of hydrogen-bond acceptors (Lipinski definition) is 3. The van der Waals surface area contributed by atoms with Crippen LogP contribution in [0.5, 0.6) is 0 Å². The molecule has 2 unspecified atom stereocenters. The summed E-state index contributed by atoms with van der Waals surface area (Å²) in [7, 11) is 2.04. The van der Waals surface area contributed by atoms with E-state index in [1.165, 1.54) is 40.4 Å². The maximum absolute atomic E-state index is 4.86. The van der Waals surface area contributed by atoms with Gasteiger partial charge in [-0.2, -0.15) is 0 Å². The van der Waals surface area contributed by atoms with Gasteiger partial charge in [0.25, 0.3) is 0 Å². The lowest BCUT2D eigenvalue weighted by molar-refractivity contribution is 0.504. The number of nitrogens with one attached hydrogen (secondary N) is 1. The summed E-state index contributed by atoms with van der Waals surface area (Å²) >= 11 is 1.90. The number of nitrogens with zero attached hydrogens (tertiary/aromatic N) is 1. The molecule has 1 heterocycles. The van der Waals surface area contributed by atoms with Crippen LogP contribution in [0.25, 0.3) is 0 Å². The van der Waals surface area contributed by atoms with Gasteiger partial charge < -0.3 is 5.32 Å². The van der Waals surface area contributed by atoms with Crippen molar-refractivity contribution in [3.63, 3.8) is 0 Å². The lowest BCUT2D eigenvalue weighted by Gasteiger charge is -2.22. The van der Waals surface area contributed by atoms with Crippen molar-refractivity contribution < 1.29 is 0 Å². The minimum Gasteiger partial charge on any atom is -0.311 e. The van der Waals surface area contributed by atoms with E-state index in [0.29, 0.717) is 12.0 Å². The van der Waals surface area contributed by atoms with Crippen LogP contribution in [-0.2, 0) is 12.8 Å². The van der Waals surface area contributed by atoms with E-state index in [2.05, 4.69) is 42.6 Å². The van der Waals surface area contributed by atoms with Crippen molar-refractivity contribution in [2.24, 2.45) is 0 Å². The summed E-state index contributed by atoms with van der Waals surface area (Å²) in [4.78, 5) is 6.37. The molecular weight excluding hydrogens is 252 g/mol. The molecule has 3 heteroatoms. The van der Waals surface area contributed by atoms with E-state index in [1.807, 2.05) is 18.4 Å². The maximum Gasteiger partial charge on any atom is 0.111 e. The second kappa shape index (κ2) is 5.43. The van der Waals surface area contributed by atoms with Gasteiger partial charge in [0, 0.05) is 10.8 Å². The third-order valence-corrected chi connectivity index (χ3v) is 5.26. The summed E-state index contributed by atoms with van der Waals surface area (Å²) in [6.07, 6.45) is 3.68. The summed E-state index contributed by atoms with van der Waals surface area (Å²) in [6.45, 7) is 2.28. The average molecular weight is 272 g/mol. The number of likely N-dealkylation sites (N-methyl/N-ethyl adjacent to an activating group) is 1. The molecule has 0 bridgehead atoms. The van der Waals surface area contributed by atoms with Crippen molar-refractivity contribution in [1.29, 1.82) is 0 Å². The van der Waals surface area contributed by atoms with Gasteiger partial charge in [0.2, 0.25) is 0 Å². The molecule has 0 saturated carbocycles. The highest BCUT2D eigenvalue weighted by Gasteiger charge is 2.25. The first-order chi connectivity index (χ1) is 9.29. The summed E-state index contributed by atoms with van der Waals surface area (Å²) in [5.74, 6) is 0.442. The van der Waals surface area contributed by atoms with Gasteiger partial charge in [-0.1, -0.05) is 37.3 Å². The van der Waals surface area contributed by atoms with E-state index in [-0.39, 0.29) is 0 Å². The van der Waals surface area contributed by atoms with E-state index in [4.69, 9.17) is 4.98 Å². The van der Waals surface area contributed by atoms with Crippen LogP contribution in [0.2, 0.25) is 0 Å². The molecule has 19 heavy (non-hydrogen) atoms. The summed E-state index contributed by atoms with van der Waals surface area (Å²) in [6, 6.07) is 11.0. The highest BCUT2D eigenvalue weighted by atomic mass is 32.1. The average Bonchev–Trinajstić information content (AvgIpc) is 3.02. The maximum atomic E-state index is 4.86. The van der Waals surface area contributed by atoms with Crippen molar-refractivity contribution in [2.75, 3.05) is 7.05 Å². The second-order valence-electron chi connectivity index (χ2n) is 5.24. The predicted octanol–water partition coefficient (Wildman–Crippen LogP) is 3.70. The minimum atomic E-state index is 0.318. The highest BCUT2D eigenvalue weighted by Crippen LogP contribution is 2.36. The van der Waals surface area contributed by atoms with Gasteiger partial charge in [0.1, 0.15) is 5.01 Å². The fourth-order valence-electron chi connectivity index (χ4n) is 2.88. The topological polar surface area (TPSA) is 24.9 Å². The fourth-order valence-corrected chi connectivity index (χ4v) is 4.25. The van der Waals surface area contributed by atoms with Crippen LogP contribution in [0.4, 0.5) is 0 Å². The standard InChI is InChI=1S/C16H20N2S/c1-11(12-7-4-3-5-8-12)15(17-2)16-18-13-9-6-10-14(13)19-16/h3-5,7-8,11,15,17H,6,9-10H2,1-2H3. The molecule has 0 spiro atoms. The van der Waals surface area contributed by atoms with Crippen LogP contribution >= 0.6 is 11.3 Å². The molecular formula is C16H20N2S. The van der Waals surface area contributed by atoms with Crippen LogP contribution < -0.4 is 5.32 Å². The third-order valence-electron chi connectivity index (χ3n) is 4.01. The highest BCUT2D eigenvalue weighted by molar-refractivity contribution is 7.11. The lowest BCUT2D eigenvalue weighted by Crippen LogP contribution is -2.22. The summed E-state index contributed by atoms with van der Waals surface area (Å²) < 4.78 is 0. The largest absolute Gasteiger partial charge is 0.311 e.